The lowest BCUT2D eigenvalue weighted by molar-refractivity contribution is 0.306. The molecule has 0 amide bonds. The second-order valence-electron chi connectivity index (χ2n) is 9.36. The third-order valence-corrected chi connectivity index (χ3v) is 7.49. The van der Waals surface area contributed by atoms with E-state index in [1.165, 1.54) is 16.8 Å². The van der Waals surface area contributed by atoms with Crippen LogP contribution in [0.1, 0.15) is 40.6 Å². The van der Waals surface area contributed by atoms with Gasteiger partial charge in [0.05, 0.1) is 11.7 Å². The van der Waals surface area contributed by atoms with Crippen molar-refractivity contribution in [2.24, 2.45) is 10.9 Å². The van der Waals surface area contributed by atoms with E-state index in [1.54, 1.807) is 0 Å². The maximum Gasteiger partial charge on any atom is 0.119 e. The molecule has 1 N–H and O–H groups in total. The van der Waals surface area contributed by atoms with Crippen LogP contribution in [0.2, 0.25) is 5.02 Å². The van der Waals surface area contributed by atoms with Crippen molar-refractivity contribution < 1.29 is 4.74 Å². The molecule has 36 heavy (non-hydrogen) atoms. The van der Waals surface area contributed by atoms with Crippen molar-refractivity contribution in [2.75, 3.05) is 5.32 Å². The Kier molecular flexibility index (Phi) is 6.31. The van der Waals surface area contributed by atoms with Crippen LogP contribution < -0.4 is 10.1 Å². The zero-order valence-corrected chi connectivity index (χ0v) is 20.6. The lowest BCUT2D eigenvalue weighted by Crippen LogP contribution is -2.28. The first-order valence-electron chi connectivity index (χ1n) is 12.4. The molecule has 2 aliphatic rings. The number of hydrogen-bond donors (Lipinski definition) is 1. The van der Waals surface area contributed by atoms with E-state index in [0.717, 1.165) is 34.0 Å². The van der Waals surface area contributed by atoms with E-state index in [2.05, 4.69) is 71.0 Å². The number of para-hydroxylation sites is 1. The van der Waals surface area contributed by atoms with Gasteiger partial charge in [0.1, 0.15) is 12.4 Å². The average molecular weight is 491 g/mol. The van der Waals surface area contributed by atoms with E-state index in [1.807, 2.05) is 54.7 Å². The fraction of sp³-hybridized carbons (Fsp3) is 0.156. The number of nitrogens with one attached hydrogen (secondary N) is 1. The van der Waals surface area contributed by atoms with Gasteiger partial charge in [0, 0.05) is 28.4 Å². The van der Waals surface area contributed by atoms with Gasteiger partial charge in [-0.15, -0.1) is 0 Å². The first kappa shape index (κ1) is 22.6. The third-order valence-electron chi connectivity index (χ3n) is 7.12. The molecule has 0 saturated heterocycles. The maximum absolute atomic E-state index is 6.21. The number of hydrogen-bond acceptors (Lipinski definition) is 3. The Morgan fingerprint density at radius 1 is 0.889 bits per heavy atom. The summed E-state index contributed by atoms with van der Waals surface area (Å²) in [6.45, 7) is 0.443. The normalized spacial score (nSPS) is 20.1. The lowest BCUT2D eigenvalue weighted by atomic mass is 9.77. The molecule has 0 aromatic heterocycles. The van der Waals surface area contributed by atoms with Gasteiger partial charge in [0.2, 0.25) is 0 Å². The molecule has 6 rings (SSSR count). The SMILES string of the molecule is Clc1ccccc1COc1ccc(C=Nc2ccc([C@@H]3Nc4ccccc4[C@@H]4C=CC[C@H]43)cc2)cc1. The topological polar surface area (TPSA) is 33.6 Å². The summed E-state index contributed by atoms with van der Waals surface area (Å²) in [7, 11) is 0. The van der Waals surface area contributed by atoms with Crippen molar-refractivity contribution in [2.45, 2.75) is 25.0 Å². The Morgan fingerprint density at radius 3 is 2.50 bits per heavy atom. The highest BCUT2D eigenvalue weighted by Crippen LogP contribution is 2.49. The van der Waals surface area contributed by atoms with Crippen molar-refractivity contribution in [1.29, 1.82) is 0 Å². The van der Waals surface area contributed by atoms with Gasteiger partial charge in [-0.3, -0.25) is 4.99 Å². The van der Waals surface area contributed by atoms with E-state index in [0.29, 0.717) is 24.5 Å². The van der Waals surface area contributed by atoms with Gasteiger partial charge >= 0.3 is 0 Å². The summed E-state index contributed by atoms with van der Waals surface area (Å²) in [5, 5.41) is 4.51. The minimum Gasteiger partial charge on any atom is -0.489 e. The van der Waals surface area contributed by atoms with Crippen LogP contribution in [0.15, 0.2) is 114 Å². The largest absolute Gasteiger partial charge is 0.489 e. The highest BCUT2D eigenvalue weighted by molar-refractivity contribution is 6.31. The summed E-state index contributed by atoms with van der Waals surface area (Å²) >= 11 is 6.21. The average Bonchev–Trinajstić information content (AvgIpc) is 3.43. The third kappa shape index (κ3) is 4.67. The molecule has 0 fully saturated rings. The van der Waals surface area contributed by atoms with Crippen LogP contribution in [0.25, 0.3) is 0 Å². The second kappa shape index (κ2) is 10.0. The molecule has 4 aromatic carbocycles. The Morgan fingerprint density at radius 2 is 1.67 bits per heavy atom. The first-order valence-corrected chi connectivity index (χ1v) is 12.7. The van der Waals surface area contributed by atoms with Crippen LogP contribution in [0, 0.1) is 5.92 Å². The number of benzene rings is 4. The Bertz CT molecular complexity index is 1410. The van der Waals surface area contributed by atoms with Gasteiger partial charge in [-0.2, -0.15) is 0 Å². The molecule has 3 atom stereocenters. The Labute approximate surface area is 217 Å². The van der Waals surface area contributed by atoms with Gasteiger partial charge in [0.25, 0.3) is 0 Å². The molecule has 178 valence electrons. The molecule has 0 radical (unpaired) electrons. The number of anilines is 1. The summed E-state index contributed by atoms with van der Waals surface area (Å²) in [5.41, 5.74) is 6.90. The van der Waals surface area contributed by atoms with Crippen LogP contribution in [-0.2, 0) is 6.61 Å². The number of aliphatic imine (C=N–C) groups is 1. The summed E-state index contributed by atoms with van der Waals surface area (Å²) in [5.74, 6) is 1.84. The standard InChI is InChI=1S/C32H27ClN2O/c33-30-10-3-1-6-24(30)21-36-26-18-12-22(13-19-26)20-34-25-16-14-23(15-17-25)32-29-9-5-8-27(29)28-7-2-4-11-31(28)35-32/h1-8,10-20,27,29,32,35H,9,21H2/t27-,29+,32-/m0/s1. The van der Waals surface area contributed by atoms with E-state index in [9.17, 15) is 0 Å². The quantitative estimate of drug-likeness (QED) is 0.217. The highest BCUT2D eigenvalue weighted by atomic mass is 35.5. The van der Waals surface area contributed by atoms with E-state index in [4.69, 9.17) is 16.3 Å². The first-order chi connectivity index (χ1) is 17.7. The minimum absolute atomic E-state index is 0.302. The van der Waals surface area contributed by atoms with Crippen LogP contribution in [0.5, 0.6) is 5.75 Å². The number of ether oxygens (including phenoxy) is 1. The van der Waals surface area contributed by atoms with Crippen LogP contribution in [0.3, 0.4) is 0 Å². The molecule has 1 heterocycles. The van der Waals surface area contributed by atoms with Gasteiger partial charge in [-0.25, -0.2) is 0 Å². The van der Waals surface area contributed by atoms with Crippen LogP contribution in [0.4, 0.5) is 11.4 Å². The van der Waals surface area contributed by atoms with E-state index in [-0.39, 0.29) is 0 Å². The smallest absolute Gasteiger partial charge is 0.119 e. The zero-order chi connectivity index (χ0) is 24.3. The zero-order valence-electron chi connectivity index (χ0n) is 19.8. The fourth-order valence-corrected chi connectivity index (χ4v) is 5.41. The number of nitrogens with zero attached hydrogens (tertiary/aromatic N) is 1. The molecule has 1 aliphatic carbocycles. The maximum atomic E-state index is 6.21. The fourth-order valence-electron chi connectivity index (χ4n) is 5.22. The van der Waals surface area contributed by atoms with Gasteiger partial charge in [-0.05, 0) is 77.6 Å². The second-order valence-corrected chi connectivity index (χ2v) is 9.77. The molecule has 1 aliphatic heterocycles. The predicted molar refractivity (Wildman–Crippen MR) is 149 cm³/mol. The Balaban J connectivity index is 1.10. The van der Waals surface area contributed by atoms with E-state index >= 15 is 0 Å². The Hall–Kier alpha value is -3.82. The van der Waals surface area contributed by atoms with E-state index < -0.39 is 0 Å². The van der Waals surface area contributed by atoms with Gasteiger partial charge in [-0.1, -0.05) is 72.3 Å². The monoisotopic (exact) mass is 490 g/mol. The molecule has 4 aromatic rings. The van der Waals surface area contributed by atoms with Crippen LogP contribution >= 0.6 is 11.6 Å². The summed E-state index contributed by atoms with van der Waals surface area (Å²) < 4.78 is 5.87. The molecule has 0 bridgehead atoms. The molecule has 0 spiro atoms. The van der Waals surface area contributed by atoms with Crippen molar-refractivity contribution in [3.63, 3.8) is 0 Å². The van der Waals surface area contributed by atoms with Crippen molar-refractivity contribution in [3.8, 4) is 5.75 Å². The van der Waals surface area contributed by atoms with Crippen molar-refractivity contribution in [1.82, 2.24) is 0 Å². The molecular weight excluding hydrogens is 464 g/mol. The van der Waals surface area contributed by atoms with Crippen LogP contribution in [-0.4, -0.2) is 6.21 Å². The summed E-state index contributed by atoms with van der Waals surface area (Å²) in [4.78, 5) is 4.68. The number of allylic oxidation sites excluding steroid dienone is 2. The number of halogens is 1. The molecule has 0 unspecified atom stereocenters. The number of rotatable bonds is 6. The van der Waals surface area contributed by atoms with Gasteiger partial charge in [0.15, 0.2) is 0 Å². The predicted octanol–water partition coefficient (Wildman–Crippen LogP) is 8.50. The van der Waals surface area contributed by atoms with Crippen molar-refractivity contribution >= 4 is 29.2 Å². The molecule has 0 saturated carbocycles. The highest BCUT2D eigenvalue weighted by Gasteiger charge is 2.37. The lowest BCUT2D eigenvalue weighted by Gasteiger charge is -2.37. The number of fused-ring (bicyclic) bond motifs is 3. The van der Waals surface area contributed by atoms with Gasteiger partial charge < -0.3 is 10.1 Å². The molecule has 3 nitrogen and oxygen atoms in total. The minimum atomic E-state index is 0.302. The summed E-state index contributed by atoms with van der Waals surface area (Å²) in [6.07, 6.45) is 7.70. The molecular formula is C32H27ClN2O. The summed E-state index contributed by atoms with van der Waals surface area (Å²) in [6, 6.07) is 33.3. The van der Waals surface area contributed by atoms with Crippen molar-refractivity contribution in [3.05, 3.63) is 136 Å². The molecule has 4 heteroatoms.